The third kappa shape index (κ3) is 3.92. The molecule has 1 fully saturated rings. The lowest BCUT2D eigenvalue weighted by Gasteiger charge is -2.10. The fourth-order valence-corrected chi connectivity index (χ4v) is 2.32. The predicted molar refractivity (Wildman–Crippen MR) is 86.9 cm³/mol. The van der Waals surface area contributed by atoms with E-state index in [1.54, 1.807) is 6.20 Å². The number of halogens is 1. The number of anilines is 3. The lowest BCUT2D eigenvalue weighted by molar-refractivity contribution is 0.299. The molecule has 1 aromatic carbocycles. The minimum Gasteiger partial charge on any atom is -0.396 e. The van der Waals surface area contributed by atoms with Crippen LogP contribution in [-0.2, 0) is 6.42 Å². The summed E-state index contributed by atoms with van der Waals surface area (Å²) in [5, 5.41) is 15.6. The van der Waals surface area contributed by atoms with Gasteiger partial charge in [-0.25, -0.2) is 4.98 Å². The first-order valence-corrected chi connectivity index (χ1v) is 7.80. The molecule has 0 spiro atoms. The lowest BCUT2D eigenvalue weighted by Crippen LogP contribution is -2.06. The van der Waals surface area contributed by atoms with Crippen LogP contribution in [0.15, 0.2) is 34.9 Å². The van der Waals surface area contributed by atoms with Crippen LogP contribution in [-0.4, -0.2) is 27.7 Å². The zero-order valence-electron chi connectivity index (χ0n) is 11.5. The Morgan fingerprint density at radius 3 is 2.95 bits per heavy atom. The summed E-state index contributed by atoms with van der Waals surface area (Å²) in [7, 11) is 0. The molecular weight excluding hydrogens is 332 g/mol. The van der Waals surface area contributed by atoms with Gasteiger partial charge in [-0.05, 0) is 52.9 Å². The Hall–Kier alpha value is -1.66. The summed E-state index contributed by atoms with van der Waals surface area (Å²) in [6.45, 7) is 0.147. The van der Waals surface area contributed by atoms with Crippen molar-refractivity contribution in [3.05, 3.63) is 40.5 Å². The fraction of sp³-hybridized carbons (Fsp3) is 0.333. The molecule has 5 nitrogen and oxygen atoms in total. The highest BCUT2D eigenvalue weighted by atomic mass is 79.9. The van der Waals surface area contributed by atoms with E-state index in [2.05, 4.69) is 36.5 Å². The number of rotatable bonds is 6. The van der Waals surface area contributed by atoms with Crippen molar-refractivity contribution in [1.82, 2.24) is 9.97 Å². The van der Waals surface area contributed by atoms with Crippen LogP contribution in [0, 0.1) is 0 Å². The third-order valence-corrected chi connectivity index (χ3v) is 3.83. The van der Waals surface area contributed by atoms with Crippen molar-refractivity contribution in [2.45, 2.75) is 25.3 Å². The number of aromatic nitrogens is 2. The minimum atomic E-state index is 0.147. The van der Waals surface area contributed by atoms with Gasteiger partial charge in [0, 0.05) is 24.5 Å². The average molecular weight is 349 g/mol. The first-order chi connectivity index (χ1) is 10.2. The van der Waals surface area contributed by atoms with Crippen LogP contribution in [0.2, 0.25) is 0 Å². The number of nitrogens with zero attached hydrogens (tertiary/aromatic N) is 2. The van der Waals surface area contributed by atoms with Crippen molar-refractivity contribution in [2.24, 2.45) is 0 Å². The van der Waals surface area contributed by atoms with Crippen LogP contribution < -0.4 is 10.6 Å². The SMILES string of the molecule is OCCc1cccc(Nc2ncc(Br)c(NC3CC3)n2)c1. The number of hydrogen-bond donors (Lipinski definition) is 3. The number of aliphatic hydroxyl groups excluding tert-OH is 1. The van der Waals surface area contributed by atoms with Crippen molar-refractivity contribution in [3.8, 4) is 0 Å². The monoisotopic (exact) mass is 348 g/mol. The molecule has 0 unspecified atom stereocenters. The van der Waals surface area contributed by atoms with E-state index < -0.39 is 0 Å². The van der Waals surface area contributed by atoms with Gasteiger partial charge in [-0.15, -0.1) is 0 Å². The summed E-state index contributed by atoms with van der Waals surface area (Å²) in [6, 6.07) is 8.44. The van der Waals surface area contributed by atoms with Crippen LogP contribution in [0.25, 0.3) is 0 Å². The standard InChI is InChI=1S/C15H17BrN4O/c16-13-9-17-15(20-14(13)18-11-4-5-11)19-12-3-1-2-10(8-12)6-7-21/h1-3,8-9,11,21H,4-7H2,(H2,17,18,19,20). The van der Waals surface area contributed by atoms with Crippen molar-refractivity contribution in [3.63, 3.8) is 0 Å². The maximum atomic E-state index is 9.00. The minimum absolute atomic E-state index is 0.147. The van der Waals surface area contributed by atoms with Gasteiger partial charge in [0.15, 0.2) is 0 Å². The first-order valence-electron chi connectivity index (χ1n) is 7.00. The zero-order chi connectivity index (χ0) is 14.7. The van der Waals surface area contributed by atoms with Gasteiger partial charge < -0.3 is 15.7 Å². The maximum Gasteiger partial charge on any atom is 0.229 e. The smallest absolute Gasteiger partial charge is 0.229 e. The van der Waals surface area contributed by atoms with E-state index in [1.165, 1.54) is 12.8 Å². The third-order valence-electron chi connectivity index (χ3n) is 3.25. The van der Waals surface area contributed by atoms with Crippen molar-refractivity contribution in [1.29, 1.82) is 0 Å². The first kappa shape index (κ1) is 14.3. The fourth-order valence-electron chi connectivity index (χ4n) is 2.01. The van der Waals surface area contributed by atoms with Crippen LogP contribution in [0.5, 0.6) is 0 Å². The van der Waals surface area contributed by atoms with E-state index in [0.29, 0.717) is 18.4 Å². The summed E-state index contributed by atoms with van der Waals surface area (Å²) in [4.78, 5) is 8.77. The molecule has 21 heavy (non-hydrogen) atoms. The predicted octanol–water partition coefficient (Wildman–Crippen LogP) is 3.09. The molecule has 1 aliphatic rings. The van der Waals surface area contributed by atoms with Gasteiger partial charge in [-0.2, -0.15) is 4.98 Å². The van der Waals surface area contributed by atoms with Crippen molar-refractivity contribution in [2.75, 3.05) is 17.2 Å². The molecule has 1 saturated carbocycles. The number of nitrogens with one attached hydrogen (secondary N) is 2. The topological polar surface area (TPSA) is 70.1 Å². The second-order valence-electron chi connectivity index (χ2n) is 5.11. The second kappa shape index (κ2) is 6.41. The Bertz CT molecular complexity index is 631. The molecule has 6 heteroatoms. The Morgan fingerprint density at radius 1 is 1.33 bits per heavy atom. The van der Waals surface area contributed by atoms with Gasteiger partial charge >= 0.3 is 0 Å². The van der Waals surface area contributed by atoms with E-state index in [9.17, 15) is 0 Å². The Morgan fingerprint density at radius 2 is 2.19 bits per heavy atom. The maximum absolute atomic E-state index is 9.00. The second-order valence-corrected chi connectivity index (χ2v) is 5.96. The van der Waals surface area contributed by atoms with Gasteiger partial charge in [0.25, 0.3) is 0 Å². The number of aliphatic hydroxyl groups is 1. The van der Waals surface area contributed by atoms with Crippen molar-refractivity contribution < 1.29 is 5.11 Å². The molecule has 0 aliphatic heterocycles. The van der Waals surface area contributed by atoms with Gasteiger partial charge in [-0.1, -0.05) is 12.1 Å². The Kier molecular flexibility index (Phi) is 4.36. The summed E-state index contributed by atoms with van der Waals surface area (Å²) in [6.07, 6.45) is 4.79. The number of hydrogen-bond acceptors (Lipinski definition) is 5. The van der Waals surface area contributed by atoms with Gasteiger partial charge in [-0.3, -0.25) is 0 Å². The molecule has 0 amide bonds. The van der Waals surface area contributed by atoms with E-state index in [-0.39, 0.29) is 6.61 Å². The molecule has 1 aromatic heterocycles. The van der Waals surface area contributed by atoms with Gasteiger partial charge in [0.2, 0.25) is 5.95 Å². The number of benzene rings is 1. The highest BCUT2D eigenvalue weighted by Gasteiger charge is 2.22. The zero-order valence-corrected chi connectivity index (χ0v) is 13.1. The highest BCUT2D eigenvalue weighted by molar-refractivity contribution is 9.10. The molecule has 1 heterocycles. The Balaban J connectivity index is 1.75. The molecule has 3 N–H and O–H groups in total. The Labute approximate surface area is 132 Å². The van der Waals surface area contributed by atoms with Gasteiger partial charge in [0.1, 0.15) is 5.82 Å². The summed E-state index contributed by atoms with van der Waals surface area (Å²) < 4.78 is 0.869. The molecule has 3 rings (SSSR count). The normalized spacial score (nSPS) is 14.0. The van der Waals surface area contributed by atoms with Crippen LogP contribution in [0.1, 0.15) is 18.4 Å². The largest absolute Gasteiger partial charge is 0.396 e. The lowest BCUT2D eigenvalue weighted by atomic mass is 10.1. The van der Waals surface area contributed by atoms with E-state index >= 15 is 0 Å². The molecule has 0 atom stereocenters. The highest BCUT2D eigenvalue weighted by Crippen LogP contribution is 2.28. The summed E-state index contributed by atoms with van der Waals surface area (Å²) in [5.41, 5.74) is 2.00. The van der Waals surface area contributed by atoms with Crippen LogP contribution in [0.3, 0.4) is 0 Å². The van der Waals surface area contributed by atoms with Gasteiger partial charge in [0.05, 0.1) is 4.47 Å². The van der Waals surface area contributed by atoms with E-state index in [4.69, 9.17) is 5.11 Å². The molecule has 0 saturated heterocycles. The van der Waals surface area contributed by atoms with Crippen LogP contribution in [0.4, 0.5) is 17.5 Å². The quantitative estimate of drug-likeness (QED) is 0.748. The summed E-state index contributed by atoms with van der Waals surface area (Å²) >= 11 is 3.46. The average Bonchev–Trinajstić information content (AvgIpc) is 3.27. The molecule has 110 valence electrons. The van der Waals surface area contributed by atoms with E-state index in [1.807, 2.05) is 24.3 Å². The summed E-state index contributed by atoms with van der Waals surface area (Å²) in [5.74, 6) is 1.38. The van der Waals surface area contributed by atoms with E-state index in [0.717, 1.165) is 21.5 Å². The van der Waals surface area contributed by atoms with Crippen molar-refractivity contribution >= 4 is 33.4 Å². The van der Waals surface area contributed by atoms with Crippen LogP contribution >= 0.6 is 15.9 Å². The molecule has 0 bridgehead atoms. The molecular formula is C15H17BrN4O. The molecule has 1 aliphatic carbocycles. The molecule has 2 aromatic rings. The molecule has 0 radical (unpaired) electrons.